The standard InChI is InChI=1S/C13H21N3O3/c1-7-4-8-9(5-7)11(18)16(10(8)17)6-13(2,3)12(19)15-14/h7-9H,4-6,14H2,1-3H3,(H,15,19). The quantitative estimate of drug-likeness (QED) is 0.327. The number of imide groups is 1. The van der Waals surface area contributed by atoms with E-state index in [0.717, 1.165) is 12.8 Å². The molecule has 3 N–H and O–H groups in total. The van der Waals surface area contributed by atoms with Crippen molar-refractivity contribution in [2.75, 3.05) is 6.54 Å². The van der Waals surface area contributed by atoms with E-state index in [9.17, 15) is 14.4 Å². The zero-order valence-corrected chi connectivity index (χ0v) is 11.6. The first-order valence-corrected chi connectivity index (χ1v) is 6.64. The first kappa shape index (κ1) is 14.0. The summed E-state index contributed by atoms with van der Waals surface area (Å²) >= 11 is 0. The van der Waals surface area contributed by atoms with Crippen LogP contribution in [-0.4, -0.2) is 29.2 Å². The molecule has 0 radical (unpaired) electrons. The topological polar surface area (TPSA) is 92.5 Å². The maximum atomic E-state index is 12.3. The molecule has 6 heteroatoms. The SMILES string of the molecule is CC1CC2C(=O)N(CC(C)(C)C(=O)NN)C(=O)C2C1. The summed E-state index contributed by atoms with van der Waals surface area (Å²) in [5.74, 6) is 4.55. The van der Waals surface area contributed by atoms with Gasteiger partial charge < -0.3 is 0 Å². The van der Waals surface area contributed by atoms with Crippen LogP contribution >= 0.6 is 0 Å². The number of likely N-dealkylation sites (tertiary alicyclic amines) is 1. The van der Waals surface area contributed by atoms with E-state index in [1.54, 1.807) is 13.8 Å². The Kier molecular flexibility index (Phi) is 3.38. The van der Waals surface area contributed by atoms with Crippen molar-refractivity contribution in [2.45, 2.75) is 33.6 Å². The molecule has 0 aromatic rings. The van der Waals surface area contributed by atoms with Crippen LogP contribution < -0.4 is 11.3 Å². The van der Waals surface area contributed by atoms with Gasteiger partial charge in [0.1, 0.15) is 0 Å². The summed E-state index contributed by atoms with van der Waals surface area (Å²) in [4.78, 5) is 37.4. The van der Waals surface area contributed by atoms with E-state index < -0.39 is 5.41 Å². The summed E-state index contributed by atoms with van der Waals surface area (Å²) < 4.78 is 0. The Bertz CT molecular complexity index is 409. The van der Waals surface area contributed by atoms with Gasteiger partial charge in [0.2, 0.25) is 17.7 Å². The van der Waals surface area contributed by atoms with Crippen molar-refractivity contribution in [3.05, 3.63) is 0 Å². The van der Waals surface area contributed by atoms with Crippen LogP contribution in [0, 0.1) is 23.2 Å². The van der Waals surface area contributed by atoms with Crippen LogP contribution in [0.15, 0.2) is 0 Å². The molecule has 1 heterocycles. The maximum absolute atomic E-state index is 12.3. The first-order chi connectivity index (χ1) is 8.77. The third kappa shape index (κ3) is 2.25. The molecule has 0 aromatic carbocycles. The van der Waals surface area contributed by atoms with Gasteiger partial charge >= 0.3 is 0 Å². The lowest BCUT2D eigenvalue weighted by molar-refractivity contribution is -0.144. The van der Waals surface area contributed by atoms with Gasteiger partial charge in [-0.25, -0.2) is 5.84 Å². The molecule has 2 rings (SSSR count). The fourth-order valence-corrected chi connectivity index (χ4v) is 3.16. The van der Waals surface area contributed by atoms with E-state index in [1.807, 2.05) is 0 Å². The average molecular weight is 267 g/mol. The van der Waals surface area contributed by atoms with Crippen LogP contribution in [0.3, 0.4) is 0 Å². The third-order valence-corrected chi connectivity index (χ3v) is 4.26. The lowest BCUT2D eigenvalue weighted by atomic mass is 9.91. The minimum atomic E-state index is -0.871. The Morgan fingerprint density at radius 3 is 2.21 bits per heavy atom. The molecular formula is C13H21N3O3. The number of hydrogen-bond acceptors (Lipinski definition) is 4. The van der Waals surface area contributed by atoms with Gasteiger partial charge in [0.25, 0.3) is 0 Å². The van der Waals surface area contributed by atoms with Gasteiger partial charge in [0.15, 0.2) is 0 Å². The Balaban J connectivity index is 2.13. The number of fused-ring (bicyclic) bond motifs is 1. The second-order valence-electron chi connectivity index (χ2n) is 6.41. The van der Waals surface area contributed by atoms with Gasteiger partial charge in [0, 0.05) is 6.54 Å². The molecule has 0 bridgehead atoms. The largest absolute Gasteiger partial charge is 0.294 e. The second-order valence-corrected chi connectivity index (χ2v) is 6.41. The van der Waals surface area contributed by atoms with Crippen LogP contribution in [0.5, 0.6) is 0 Å². The van der Waals surface area contributed by atoms with Crippen LogP contribution in [0.2, 0.25) is 0 Å². The van der Waals surface area contributed by atoms with Gasteiger partial charge in [-0.15, -0.1) is 0 Å². The number of rotatable bonds is 3. The third-order valence-electron chi connectivity index (χ3n) is 4.26. The average Bonchev–Trinajstić information content (AvgIpc) is 2.82. The fraction of sp³-hybridized carbons (Fsp3) is 0.769. The predicted octanol–water partition coefficient (Wildman–Crippen LogP) is 0.0336. The van der Waals surface area contributed by atoms with Gasteiger partial charge in [-0.05, 0) is 32.6 Å². The van der Waals surface area contributed by atoms with Crippen LogP contribution in [-0.2, 0) is 14.4 Å². The van der Waals surface area contributed by atoms with E-state index in [-0.39, 0.29) is 36.1 Å². The van der Waals surface area contributed by atoms with Crippen molar-refractivity contribution in [3.63, 3.8) is 0 Å². The molecule has 0 aromatic heterocycles. The number of hydrogen-bond donors (Lipinski definition) is 2. The summed E-state index contributed by atoms with van der Waals surface area (Å²) in [5, 5.41) is 0. The van der Waals surface area contributed by atoms with Gasteiger partial charge in [-0.2, -0.15) is 0 Å². The number of amides is 3. The molecule has 2 fully saturated rings. The van der Waals surface area contributed by atoms with E-state index in [2.05, 4.69) is 12.3 Å². The van der Waals surface area contributed by atoms with Crippen LogP contribution in [0.25, 0.3) is 0 Å². The molecule has 3 amide bonds. The molecule has 1 aliphatic heterocycles. The minimum Gasteiger partial charge on any atom is -0.294 e. The Hall–Kier alpha value is -1.43. The highest BCUT2D eigenvalue weighted by molar-refractivity contribution is 6.06. The summed E-state index contributed by atoms with van der Waals surface area (Å²) in [6.45, 7) is 5.50. The maximum Gasteiger partial charge on any atom is 0.241 e. The second kappa shape index (κ2) is 4.59. The smallest absolute Gasteiger partial charge is 0.241 e. The van der Waals surface area contributed by atoms with E-state index in [0.29, 0.717) is 5.92 Å². The monoisotopic (exact) mass is 267 g/mol. The van der Waals surface area contributed by atoms with Gasteiger partial charge in [-0.1, -0.05) is 6.92 Å². The Morgan fingerprint density at radius 1 is 1.32 bits per heavy atom. The molecule has 6 nitrogen and oxygen atoms in total. The number of nitrogens with zero attached hydrogens (tertiary/aromatic N) is 1. The van der Waals surface area contributed by atoms with Crippen molar-refractivity contribution in [2.24, 2.45) is 29.0 Å². The van der Waals surface area contributed by atoms with Crippen molar-refractivity contribution >= 4 is 17.7 Å². The molecule has 19 heavy (non-hydrogen) atoms. The summed E-state index contributed by atoms with van der Waals surface area (Å²) in [5.41, 5.74) is 1.21. The van der Waals surface area contributed by atoms with E-state index in [1.165, 1.54) is 4.90 Å². The molecule has 1 aliphatic carbocycles. The van der Waals surface area contributed by atoms with Crippen LogP contribution in [0.4, 0.5) is 0 Å². The minimum absolute atomic E-state index is 0.0923. The molecule has 1 saturated heterocycles. The Morgan fingerprint density at radius 2 is 1.79 bits per heavy atom. The highest BCUT2D eigenvalue weighted by Gasteiger charge is 2.53. The lowest BCUT2D eigenvalue weighted by Gasteiger charge is -2.28. The highest BCUT2D eigenvalue weighted by Crippen LogP contribution is 2.43. The molecule has 106 valence electrons. The number of nitrogens with two attached hydrogens (primary N) is 1. The number of carbonyl (C=O) groups excluding carboxylic acids is 3. The van der Waals surface area contributed by atoms with Gasteiger partial charge in [0.05, 0.1) is 17.3 Å². The zero-order chi connectivity index (χ0) is 14.4. The zero-order valence-electron chi connectivity index (χ0n) is 11.6. The van der Waals surface area contributed by atoms with Gasteiger partial charge in [-0.3, -0.25) is 24.7 Å². The number of hydrazine groups is 1. The molecule has 2 aliphatic rings. The van der Waals surface area contributed by atoms with Crippen LogP contribution in [0.1, 0.15) is 33.6 Å². The predicted molar refractivity (Wildman–Crippen MR) is 68.2 cm³/mol. The summed E-state index contributed by atoms with van der Waals surface area (Å²) in [6.07, 6.45) is 1.55. The number of carbonyl (C=O) groups is 3. The number of nitrogens with one attached hydrogen (secondary N) is 1. The molecule has 1 saturated carbocycles. The van der Waals surface area contributed by atoms with E-state index >= 15 is 0 Å². The summed E-state index contributed by atoms with van der Waals surface area (Å²) in [6, 6.07) is 0. The Labute approximate surface area is 112 Å². The normalized spacial score (nSPS) is 30.7. The molecule has 2 atom stereocenters. The molecule has 0 spiro atoms. The first-order valence-electron chi connectivity index (χ1n) is 6.64. The van der Waals surface area contributed by atoms with Crippen molar-refractivity contribution < 1.29 is 14.4 Å². The van der Waals surface area contributed by atoms with Crippen molar-refractivity contribution in [1.29, 1.82) is 0 Å². The van der Waals surface area contributed by atoms with Crippen molar-refractivity contribution in [1.82, 2.24) is 10.3 Å². The van der Waals surface area contributed by atoms with Crippen molar-refractivity contribution in [3.8, 4) is 0 Å². The highest BCUT2D eigenvalue weighted by atomic mass is 16.2. The summed E-state index contributed by atoms with van der Waals surface area (Å²) in [7, 11) is 0. The molecular weight excluding hydrogens is 246 g/mol. The lowest BCUT2D eigenvalue weighted by Crippen LogP contribution is -2.49. The molecule has 2 unspecified atom stereocenters. The van der Waals surface area contributed by atoms with E-state index in [4.69, 9.17) is 5.84 Å². The fourth-order valence-electron chi connectivity index (χ4n) is 3.16.